The number of hydrogen-bond acceptors (Lipinski definition) is 7. The molecular weight excluding hydrogens is 485 g/mol. The Morgan fingerprint density at radius 2 is 2.00 bits per heavy atom. The zero-order valence-corrected chi connectivity index (χ0v) is 21.0. The summed E-state index contributed by atoms with van der Waals surface area (Å²) in [6.45, 7) is 2.10. The van der Waals surface area contributed by atoms with Crippen LogP contribution in [0.15, 0.2) is 49.2 Å². The SMILES string of the molecule is Cc1ccnc([C@H]2C[C@@H]2C(=O)Nc2cc(N3C[C@@H](O)C[C@@H]3c3cn4cc(C5CC5)ccc4n3)ncn2)c1F. The van der Waals surface area contributed by atoms with Gasteiger partial charge in [0.1, 0.15) is 29.4 Å². The van der Waals surface area contributed by atoms with E-state index in [1.54, 1.807) is 25.3 Å². The standard InChI is InChI=1S/C28H28FN7O2/c1-15-6-7-30-27(26(15)29)19-9-20(19)28(38)34-23-10-25(32-14-31-23)36-12-18(37)8-22(36)21-13-35-11-17(16-2-3-16)4-5-24(35)33-21/h4-7,10-11,13-14,16,18-20,22,37H,2-3,8-9,12H2,1H3,(H,31,32,34,38)/t18-,19-,20-,22+/m0/s1. The van der Waals surface area contributed by atoms with Gasteiger partial charge in [-0.3, -0.25) is 9.78 Å². The molecule has 2 aliphatic carbocycles. The number of carbonyl (C=O) groups is 1. The molecular formula is C28H28FN7O2. The van der Waals surface area contributed by atoms with E-state index in [9.17, 15) is 14.3 Å². The maximum Gasteiger partial charge on any atom is 0.229 e. The number of β-amino-alcohol motifs (C(OH)–C–C–N with tert-alkyl or cyclic N) is 1. The third-order valence-corrected chi connectivity index (χ3v) is 7.95. The Morgan fingerprint density at radius 3 is 2.84 bits per heavy atom. The molecule has 0 radical (unpaired) electrons. The number of aryl methyl sites for hydroxylation is 1. The van der Waals surface area contributed by atoms with Crippen molar-refractivity contribution in [3.63, 3.8) is 0 Å². The van der Waals surface area contributed by atoms with Crippen LogP contribution in [-0.2, 0) is 4.79 Å². The molecule has 4 aromatic heterocycles. The predicted molar refractivity (Wildman–Crippen MR) is 138 cm³/mol. The van der Waals surface area contributed by atoms with Crippen LogP contribution >= 0.6 is 0 Å². The maximum atomic E-state index is 14.5. The number of aromatic nitrogens is 5. The van der Waals surface area contributed by atoms with Gasteiger partial charge in [0.15, 0.2) is 0 Å². The van der Waals surface area contributed by atoms with Crippen LogP contribution in [0.3, 0.4) is 0 Å². The summed E-state index contributed by atoms with van der Waals surface area (Å²) in [5, 5.41) is 13.4. The number of anilines is 2. The molecule has 2 saturated carbocycles. The number of carbonyl (C=O) groups excluding carboxylic acids is 1. The maximum absolute atomic E-state index is 14.5. The molecule has 1 aliphatic heterocycles. The minimum absolute atomic E-state index is 0.157. The van der Waals surface area contributed by atoms with Gasteiger partial charge in [-0.1, -0.05) is 6.07 Å². The van der Waals surface area contributed by atoms with E-state index < -0.39 is 6.10 Å². The predicted octanol–water partition coefficient (Wildman–Crippen LogP) is 3.90. The Bertz CT molecular complexity index is 1550. The van der Waals surface area contributed by atoms with Crippen LogP contribution in [0, 0.1) is 18.7 Å². The highest BCUT2D eigenvalue weighted by Crippen LogP contribution is 2.48. The van der Waals surface area contributed by atoms with E-state index in [0.717, 1.165) is 11.3 Å². The number of pyridine rings is 2. The molecule has 0 bridgehead atoms. The molecule has 2 N–H and O–H groups in total. The number of aliphatic hydroxyl groups is 1. The van der Waals surface area contributed by atoms with Crippen molar-refractivity contribution in [2.24, 2.45) is 5.92 Å². The number of halogens is 1. The van der Waals surface area contributed by atoms with Gasteiger partial charge >= 0.3 is 0 Å². The van der Waals surface area contributed by atoms with Gasteiger partial charge in [0, 0.05) is 49.5 Å². The number of imidazole rings is 1. The Labute approximate surface area is 218 Å². The molecule has 1 amide bonds. The van der Waals surface area contributed by atoms with Gasteiger partial charge in [0.2, 0.25) is 5.91 Å². The quantitative estimate of drug-likeness (QED) is 0.403. The molecule has 4 aromatic rings. The Morgan fingerprint density at radius 1 is 1.13 bits per heavy atom. The van der Waals surface area contributed by atoms with E-state index in [0.29, 0.717) is 48.2 Å². The molecule has 38 heavy (non-hydrogen) atoms. The lowest BCUT2D eigenvalue weighted by Gasteiger charge is -2.24. The number of amides is 1. The summed E-state index contributed by atoms with van der Waals surface area (Å²) in [7, 11) is 0. The van der Waals surface area contributed by atoms with Crippen molar-refractivity contribution >= 4 is 23.2 Å². The van der Waals surface area contributed by atoms with Crippen LogP contribution < -0.4 is 10.2 Å². The largest absolute Gasteiger partial charge is 0.391 e. The highest BCUT2D eigenvalue weighted by Gasteiger charge is 2.46. The third-order valence-electron chi connectivity index (χ3n) is 7.95. The first-order valence-corrected chi connectivity index (χ1v) is 13.1. The smallest absolute Gasteiger partial charge is 0.229 e. The number of aliphatic hydroxyl groups excluding tert-OH is 1. The highest BCUT2D eigenvalue weighted by molar-refractivity contribution is 5.94. The molecule has 3 fully saturated rings. The van der Waals surface area contributed by atoms with Crippen LogP contribution in [-0.4, -0.2) is 48.0 Å². The van der Waals surface area contributed by atoms with E-state index in [1.807, 2.05) is 11.1 Å². The summed E-state index contributed by atoms with van der Waals surface area (Å²) in [4.78, 5) is 32.6. The Balaban J connectivity index is 1.09. The van der Waals surface area contributed by atoms with Crippen molar-refractivity contribution in [3.8, 4) is 0 Å². The van der Waals surface area contributed by atoms with E-state index in [4.69, 9.17) is 4.98 Å². The van der Waals surface area contributed by atoms with Crippen LogP contribution in [0.2, 0.25) is 0 Å². The fourth-order valence-corrected chi connectivity index (χ4v) is 5.59. The van der Waals surface area contributed by atoms with Crippen molar-refractivity contribution in [1.29, 1.82) is 0 Å². The molecule has 1 saturated heterocycles. The zero-order valence-electron chi connectivity index (χ0n) is 21.0. The molecule has 0 unspecified atom stereocenters. The highest BCUT2D eigenvalue weighted by atomic mass is 19.1. The number of nitrogens with zero attached hydrogens (tertiary/aromatic N) is 6. The van der Waals surface area contributed by atoms with Crippen LogP contribution in [0.25, 0.3) is 5.65 Å². The third kappa shape index (κ3) is 4.18. The number of fused-ring (bicyclic) bond motifs is 1. The van der Waals surface area contributed by atoms with Crippen LogP contribution in [0.4, 0.5) is 16.0 Å². The summed E-state index contributed by atoms with van der Waals surface area (Å²) in [5.41, 5.74) is 3.95. The average Bonchev–Trinajstić information content (AvgIpc) is 3.83. The summed E-state index contributed by atoms with van der Waals surface area (Å²) in [6, 6.07) is 7.38. The van der Waals surface area contributed by atoms with Gasteiger partial charge < -0.3 is 19.7 Å². The molecule has 0 spiro atoms. The number of nitrogens with one attached hydrogen (secondary N) is 1. The zero-order chi connectivity index (χ0) is 26.0. The summed E-state index contributed by atoms with van der Waals surface area (Å²) >= 11 is 0. The van der Waals surface area contributed by atoms with Gasteiger partial charge in [-0.25, -0.2) is 19.3 Å². The normalized spacial score (nSPS) is 24.7. The van der Waals surface area contributed by atoms with E-state index >= 15 is 0 Å². The van der Waals surface area contributed by atoms with Crippen molar-refractivity contribution in [1.82, 2.24) is 24.3 Å². The lowest BCUT2D eigenvalue weighted by molar-refractivity contribution is -0.117. The van der Waals surface area contributed by atoms with Gasteiger partial charge in [-0.15, -0.1) is 0 Å². The second-order valence-corrected chi connectivity index (χ2v) is 10.8. The molecule has 0 aromatic carbocycles. The topological polar surface area (TPSA) is 109 Å². The molecule has 3 aliphatic rings. The van der Waals surface area contributed by atoms with E-state index in [1.165, 1.54) is 24.7 Å². The number of rotatable bonds is 6. The summed E-state index contributed by atoms with van der Waals surface area (Å²) < 4.78 is 16.5. The van der Waals surface area contributed by atoms with Crippen molar-refractivity contribution < 1.29 is 14.3 Å². The molecule has 10 heteroatoms. The number of hydrogen-bond donors (Lipinski definition) is 2. The minimum Gasteiger partial charge on any atom is -0.391 e. The summed E-state index contributed by atoms with van der Waals surface area (Å²) in [6.07, 6.45) is 10.2. The van der Waals surface area contributed by atoms with Gasteiger partial charge in [-0.05, 0) is 55.4 Å². The second-order valence-electron chi connectivity index (χ2n) is 10.8. The average molecular weight is 514 g/mol. The monoisotopic (exact) mass is 513 g/mol. The molecule has 7 rings (SSSR count). The first kappa shape index (κ1) is 23.2. The fraction of sp³-hybridized carbons (Fsp3) is 0.393. The van der Waals surface area contributed by atoms with E-state index in [-0.39, 0.29) is 29.6 Å². The second kappa shape index (κ2) is 8.83. The summed E-state index contributed by atoms with van der Waals surface area (Å²) in [5.74, 6) is 0.488. The van der Waals surface area contributed by atoms with E-state index in [2.05, 4.69) is 43.0 Å². The van der Waals surface area contributed by atoms with Crippen molar-refractivity contribution in [3.05, 3.63) is 77.5 Å². The molecule has 4 atom stereocenters. The first-order chi connectivity index (χ1) is 18.4. The first-order valence-electron chi connectivity index (χ1n) is 13.1. The van der Waals surface area contributed by atoms with Gasteiger partial charge in [0.25, 0.3) is 0 Å². The lowest BCUT2D eigenvalue weighted by atomic mass is 10.1. The van der Waals surface area contributed by atoms with Crippen LogP contribution in [0.1, 0.15) is 66.1 Å². The van der Waals surface area contributed by atoms with Crippen molar-refractivity contribution in [2.75, 3.05) is 16.8 Å². The van der Waals surface area contributed by atoms with Crippen LogP contribution in [0.5, 0.6) is 0 Å². The van der Waals surface area contributed by atoms with Crippen molar-refractivity contribution in [2.45, 2.75) is 56.6 Å². The minimum atomic E-state index is -0.524. The molecule has 194 valence electrons. The van der Waals surface area contributed by atoms with Gasteiger partial charge in [0.05, 0.1) is 23.5 Å². The fourth-order valence-electron chi connectivity index (χ4n) is 5.59. The Kier molecular flexibility index (Phi) is 5.40. The molecule has 9 nitrogen and oxygen atoms in total. The van der Waals surface area contributed by atoms with Gasteiger partial charge in [-0.2, -0.15) is 0 Å². The lowest BCUT2D eigenvalue weighted by Crippen LogP contribution is -2.26. The Hall–Kier alpha value is -3.92. The molecule has 5 heterocycles.